The second kappa shape index (κ2) is 10.7. The molecule has 0 aliphatic rings. The molecule has 0 saturated carbocycles. The molecule has 1 heterocycles. The van der Waals surface area contributed by atoms with E-state index in [9.17, 15) is 14.4 Å². The van der Waals surface area contributed by atoms with E-state index in [0.29, 0.717) is 13.1 Å². The number of nitrogen functional groups attached to an aromatic ring is 1. The van der Waals surface area contributed by atoms with Crippen molar-refractivity contribution in [1.29, 1.82) is 0 Å². The van der Waals surface area contributed by atoms with Gasteiger partial charge in [0.25, 0.3) is 5.56 Å². The topological polar surface area (TPSA) is 104 Å². The van der Waals surface area contributed by atoms with Crippen LogP contribution in [0.2, 0.25) is 0 Å². The van der Waals surface area contributed by atoms with E-state index in [1.54, 1.807) is 0 Å². The highest BCUT2D eigenvalue weighted by atomic mass is 16.2. The van der Waals surface area contributed by atoms with Gasteiger partial charge in [-0.2, -0.15) is 0 Å². The summed E-state index contributed by atoms with van der Waals surface area (Å²) in [5.74, 6) is -0.213. The lowest BCUT2D eigenvalue weighted by molar-refractivity contribution is -0.117. The van der Waals surface area contributed by atoms with E-state index in [4.69, 9.17) is 5.73 Å². The van der Waals surface area contributed by atoms with Crippen LogP contribution >= 0.6 is 0 Å². The molecule has 33 heavy (non-hydrogen) atoms. The van der Waals surface area contributed by atoms with Gasteiger partial charge in [-0.25, -0.2) is 4.79 Å². The molecule has 0 radical (unpaired) electrons. The zero-order valence-electron chi connectivity index (χ0n) is 19.3. The Morgan fingerprint density at radius 1 is 1.03 bits per heavy atom. The average Bonchev–Trinajstić information content (AvgIpc) is 2.80. The van der Waals surface area contributed by atoms with Crippen molar-refractivity contribution < 1.29 is 4.79 Å². The van der Waals surface area contributed by atoms with Gasteiger partial charge in [0.05, 0.1) is 13.1 Å². The van der Waals surface area contributed by atoms with Crippen LogP contribution in [0.3, 0.4) is 0 Å². The first kappa shape index (κ1) is 23.8. The molecule has 0 aliphatic carbocycles. The second-order valence-corrected chi connectivity index (χ2v) is 8.31. The minimum atomic E-state index is -0.668. The molecule has 1 aromatic heterocycles. The van der Waals surface area contributed by atoms with E-state index in [-0.39, 0.29) is 36.4 Å². The summed E-state index contributed by atoms with van der Waals surface area (Å²) < 4.78 is 1.29. The summed E-state index contributed by atoms with van der Waals surface area (Å²) in [6, 6.07) is 19.0. The molecule has 0 unspecified atom stereocenters. The zero-order chi connectivity index (χ0) is 24.0. The Balaban J connectivity index is 2.01. The van der Waals surface area contributed by atoms with Gasteiger partial charge in [0, 0.05) is 18.8 Å². The minimum absolute atomic E-state index is 0.00773. The summed E-state index contributed by atoms with van der Waals surface area (Å²) in [7, 11) is 0. The van der Waals surface area contributed by atoms with E-state index in [2.05, 4.69) is 4.98 Å². The Morgan fingerprint density at radius 3 is 2.21 bits per heavy atom. The lowest BCUT2D eigenvalue weighted by atomic mass is 10.2. The van der Waals surface area contributed by atoms with Gasteiger partial charge in [-0.1, -0.05) is 62.4 Å². The summed E-state index contributed by atoms with van der Waals surface area (Å²) in [6.45, 7) is 7.05. The quantitative estimate of drug-likeness (QED) is 0.523. The standard InChI is InChI=1S/C25H31N5O3/c1-4-28(20-13-9-6-10-14-20)17-21(31)29(15-18(2)3)22-23(26)30(25(33)27-24(22)32)16-19-11-7-5-8-12-19/h5-14,18H,4,15-17,26H2,1-3H3,(H,27,32,33). The fraction of sp³-hybridized carbons (Fsp3) is 0.320. The number of benzene rings is 2. The van der Waals surface area contributed by atoms with E-state index in [1.807, 2.05) is 86.3 Å². The number of H-pyrrole nitrogens is 1. The predicted molar refractivity (Wildman–Crippen MR) is 133 cm³/mol. The third-order valence-electron chi connectivity index (χ3n) is 5.35. The first-order valence-electron chi connectivity index (χ1n) is 11.1. The lowest BCUT2D eigenvalue weighted by Crippen LogP contribution is -2.46. The van der Waals surface area contributed by atoms with E-state index in [0.717, 1.165) is 11.3 Å². The highest BCUT2D eigenvalue weighted by Gasteiger charge is 2.26. The monoisotopic (exact) mass is 449 g/mol. The van der Waals surface area contributed by atoms with E-state index >= 15 is 0 Å². The van der Waals surface area contributed by atoms with Crippen LogP contribution in [0.4, 0.5) is 17.2 Å². The third kappa shape index (κ3) is 5.71. The van der Waals surface area contributed by atoms with Gasteiger partial charge in [-0.05, 0) is 30.5 Å². The Bertz CT molecular complexity index is 1190. The zero-order valence-corrected chi connectivity index (χ0v) is 19.3. The molecule has 0 aliphatic heterocycles. The molecule has 8 heteroatoms. The van der Waals surface area contributed by atoms with Gasteiger partial charge in [0.15, 0.2) is 5.69 Å². The molecule has 174 valence electrons. The number of nitrogens with one attached hydrogen (secondary N) is 1. The van der Waals surface area contributed by atoms with Crippen molar-refractivity contribution in [3.8, 4) is 0 Å². The van der Waals surface area contributed by atoms with Crippen LogP contribution in [-0.2, 0) is 11.3 Å². The maximum Gasteiger partial charge on any atom is 0.330 e. The van der Waals surface area contributed by atoms with Gasteiger partial charge in [-0.3, -0.25) is 19.1 Å². The normalized spacial score (nSPS) is 10.9. The molecule has 0 saturated heterocycles. The number of rotatable bonds is 9. The van der Waals surface area contributed by atoms with Crippen molar-refractivity contribution in [1.82, 2.24) is 9.55 Å². The number of anilines is 3. The summed E-state index contributed by atoms with van der Waals surface area (Å²) in [5, 5.41) is 0. The molecule has 3 aromatic rings. The van der Waals surface area contributed by atoms with Crippen LogP contribution in [0.1, 0.15) is 26.3 Å². The first-order valence-corrected chi connectivity index (χ1v) is 11.1. The highest BCUT2D eigenvalue weighted by molar-refractivity contribution is 5.98. The van der Waals surface area contributed by atoms with Gasteiger partial charge in [-0.15, -0.1) is 0 Å². The Labute approximate surface area is 193 Å². The molecule has 0 spiro atoms. The fourth-order valence-corrected chi connectivity index (χ4v) is 3.72. The van der Waals surface area contributed by atoms with E-state index in [1.165, 1.54) is 9.47 Å². The second-order valence-electron chi connectivity index (χ2n) is 8.31. The lowest BCUT2D eigenvalue weighted by Gasteiger charge is -2.29. The number of nitrogens with two attached hydrogens (primary N) is 1. The van der Waals surface area contributed by atoms with Crippen LogP contribution in [0, 0.1) is 5.92 Å². The number of carbonyl (C=O) groups excluding carboxylic acids is 1. The van der Waals surface area contributed by atoms with Gasteiger partial charge >= 0.3 is 5.69 Å². The molecule has 0 fully saturated rings. The Kier molecular flexibility index (Phi) is 7.71. The van der Waals surface area contributed by atoms with Crippen LogP contribution in [0.25, 0.3) is 0 Å². The molecule has 3 rings (SSSR count). The maximum absolute atomic E-state index is 13.5. The van der Waals surface area contributed by atoms with Crippen molar-refractivity contribution in [3.63, 3.8) is 0 Å². The molecular formula is C25H31N5O3. The molecule has 2 aromatic carbocycles. The average molecular weight is 450 g/mol. The smallest absolute Gasteiger partial charge is 0.330 e. The van der Waals surface area contributed by atoms with Crippen LogP contribution in [-0.4, -0.2) is 35.1 Å². The van der Waals surface area contributed by atoms with Crippen molar-refractivity contribution in [2.75, 3.05) is 35.2 Å². The number of hydrogen-bond acceptors (Lipinski definition) is 5. The minimum Gasteiger partial charge on any atom is -0.383 e. The molecule has 1 amide bonds. The molecular weight excluding hydrogens is 418 g/mol. The number of amides is 1. The number of aromatic amines is 1. The predicted octanol–water partition coefficient (Wildman–Crippen LogP) is 2.68. The number of aromatic nitrogens is 2. The Hall–Kier alpha value is -3.81. The molecule has 0 bridgehead atoms. The first-order chi connectivity index (χ1) is 15.8. The van der Waals surface area contributed by atoms with E-state index < -0.39 is 11.2 Å². The number of likely N-dealkylation sites (N-methyl/N-ethyl adjacent to an activating group) is 1. The van der Waals surface area contributed by atoms with Gasteiger partial charge < -0.3 is 15.5 Å². The summed E-state index contributed by atoms with van der Waals surface area (Å²) in [5.41, 5.74) is 6.85. The van der Waals surface area contributed by atoms with Crippen molar-refractivity contribution in [2.45, 2.75) is 27.3 Å². The summed E-state index contributed by atoms with van der Waals surface area (Å²) >= 11 is 0. The number of carbonyl (C=O) groups is 1. The summed E-state index contributed by atoms with van der Waals surface area (Å²) in [4.78, 5) is 44.6. The molecule has 3 N–H and O–H groups in total. The van der Waals surface area contributed by atoms with Crippen LogP contribution in [0.15, 0.2) is 70.3 Å². The van der Waals surface area contributed by atoms with Gasteiger partial charge in [0.2, 0.25) is 5.91 Å². The third-order valence-corrected chi connectivity index (χ3v) is 5.35. The SMILES string of the molecule is CCN(CC(=O)N(CC(C)C)c1c(N)n(Cc2ccccc2)c(=O)[nH]c1=O)c1ccccc1. The fourth-order valence-electron chi connectivity index (χ4n) is 3.72. The number of nitrogens with zero attached hydrogens (tertiary/aromatic N) is 3. The van der Waals surface area contributed by atoms with Crippen molar-refractivity contribution in [3.05, 3.63) is 87.1 Å². The highest BCUT2D eigenvalue weighted by Crippen LogP contribution is 2.21. The number of para-hydroxylation sites is 1. The van der Waals surface area contributed by atoms with Crippen LogP contribution in [0.5, 0.6) is 0 Å². The van der Waals surface area contributed by atoms with Gasteiger partial charge in [0.1, 0.15) is 5.82 Å². The van der Waals surface area contributed by atoms with Crippen LogP contribution < -0.4 is 26.8 Å². The largest absolute Gasteiger partial charge is 0.383 e. The number of hydrogen-bond donors (Lipinski definition) is 2. The van der Waals surface area contributed by atoms with Crippen molar-refractivity contribution in [2.24, 2.45) is 5.92 Å². The van der Waals surface area contributed by atoms with Crippen molar-refractivity contribution >= 4 is 23.1 Å². The maximum atomic E-state index is 13.5. The summed E-state index contributed by atoms with van der Waals surface area (Å²) in [6.07, 6.45) is 0. The molecule has 0 atom stereocenters. The molecule has 8 nitrogen and oxygen atoms in total. The Morgan fingerprint density at radius 2 is 1.64 bits per heavy atom.